The van der Waals surface area contributed by atoms with Crippen molar-refractivity contribution in [1.29, 1.82) is 0 Å². The molecule has 0 heterocycles. The number of nitrogens with one attached hydrogen (secondary N) is 2. The summed E-state index contributed by atoms with van der Waals surface area (Å²) in [5.41, 5.74) is 3.30. The van der Waals surface area contributed by atoms with Gasteiger partial charge in [0.25, 0.3) is 0 Å². The summed E-state index contributed by atoms with van der Waals surface area (Å²) in [7, 11) is 6.78. The molecule has 0 atom stereocenters. The number of nitrogens with zero attached hydrogens (tertiary/aromatic N) is 2. The zero-order chi connectivity index (χ0) is 21.9. The van der Waals surface area contributed by atoms with Crippen LogP contribution >= 0.6 is 0 Å². The molecule has 30 heavy (non-hydrogen) atoms. The maximum Gasteiger partial charge on any atom is 0.241 e. The molecule has 7 heteroatoms. The largest absolute Gasteiger partial charge is 0.497 e. The fourth-order valence-corrected chi connectivity index (χ4v) is 2.76. The van der Waals surface area contributed by atoms with Crippen molar-refractivity contribution in [1.82, 2.24) is 15.5 Å². The molecular weight excluding hydrogens is 380 g/mol. The van der Waals surface area contributed by atoms with E-state index in [0.717, 1.165) is 29.0 Å². The molecule has 0 spiro atoms. The number of carbonyl (C=O) groups excluding carboxylic acids is 1. The van der Waals surface area contributed by atoms with Crippen molar-refractivity contribution in [3.8, 4) is 11.5 Å². The van der Waals surface area contributed by atoms with Gasteiger partial charge in [-0.3, -0.25) is 4.79 Å². The van der Waals surface area contributed by atoms with Gasteiger partial charge in [0.1, 0.15) is 11.5 Å². The Labute approximate surface area is 179 Å². The number of methoxy groups -OCH3 is 2. The smallest absolute Gasteiger partial charge is 0.241 e. The zero-order valence-corrected chi connectivity index (χ0v) is 18.5. The summed E-state index contributed by atoms with van der Waals surface area (Å²) in [6.45, 7) is 3.32. The second kappa shape index (κ2) is 11.7. The van der Waals surface area contributed by atoms with Crippen molar-refractivity contribution in [2.24, 2.45) is 4.99 Å². The highest BCUT2D eigenvalue weighted by Crippen LogP contribution is 2.20. The van der Waals surface area contributed by atoms with Crippen molar-refractivity contribution in [2.45, 2.75) is 19.9 Å². The monoisotopic (exact) mass is 412 g/mol. The van der Waals surface area contributed by atoms with Crippen molar-refractivity contribution < 1.29 is 14.3 Å². The topological polar surface area (TPSA) is 75.2 Å². The molecule has 0 radical (unpaired) electrons. The molecule has 0 aliphatic heterocycles. The molecule has 7 nitrogen and oxygen atoms in total. The van der Waals surface area contributed by atoms with E-state index < -0.39 is 0 Å². The molecule has 0 aromatic heterocycles. The lowest BCUT2D eigenvalue weighted by Gasteiger charge is -2.15. The van der Waals surface area contributed by atoms with Crippen LogP contribution in [-0.2, 0) is 17.8 Å². The van der Waals surface area contributed by atoms with Crippen LogP contribution in [0.3, 0.4) is 0 Å². The summed E-state index contributed by atoms with van der Waals surface area (Å²) in [6, 6.07) is 14.0. The Bertz CT molecular complexity index is 848. The summed E-state index contributed by atoms with van der Waals surface area (Å²) in [6.07, 6.45) is 0.820. The van der Waals surface area contributed by atoms with Crippen molar-refractivity contribution >= 4 is 11.9 Å². The van der Waals surface area contributed by atoms with Gasteiger partial charge in [-0.2, -0.15) is 0 Å². The Hall–Kier alpha value is -3.22. The third-order valence-corrected chi connectivity index (χ3v) is 4.62. The predicted molar refractivity (Wildman–Crippen MR) is 120 cm³/mol. The summed E-state index contributed by atoms with van der Waals surface area (Å²) >= 11 is 0. The second-order valence-corrected chi connectivity index (χ2v) is 7.15. The van der Waals surface area contributed by atoms with Crippen LogP contribution in [0.5, 0.6) is 11.5 Å². The SMILES string of the molecule is COc1ccc(CCNC(=NCc2ccc(C)cc2OC)NCC(=O)N(C)C)cc1. The minimum absolute atomic E-state index is 0.0208. The molecule has 2 aromatic carbocycles. The first-order valence-corrected chi connectivity index (χ1v) is 9.91. The van der Waals surface area contributed by atoms with E-state index in [1.165, 1.54) is 5.56 Å². The second-order valence-electron chi connectivity index (χ2n) is 7.15. The van der Waals surface area contributed by atoms with Gasteiger partial charge in [0, 0.05) is 26.2 Å². The molecular formula is C23H32N4O3. The highest BCUT2D eigenvalue weighted by atomic mass is 16.5. The molecule has 2 N–H and O–H groups in total. The molecule has 0 bridgehead atoms. The molecule has 0 saturated carbocycles. The number of amides is 1. The fourth-order valence-electron chi connectivity index (χ4n) is 2.76. The van der Waals surface area contributed by atoms with E-state index in [4.69, 9.17) is 9.47 Å². The molecule has 162 valence electrons. The van der Waals surface area contributed by atoms with Crippen LogP contribution in [0.1, 0.15) is 16.7 Å². The first kappa shape index (κ1) is 23.1. The average Bonchev–Trinajstić information content (AvgIpc) is 2.75. The maximum absolute atomic E-state index is 12.0. The third-order valence-electron chi connectivity index (χ3n) is 4.62. The van der Waals surface area contributed by atoms with Crippen LogP contribution in [0.25, 0.3) is 0 Å². The van der Waals surface area contributed by atoms with Gasteiger partial charge in [-0.25, -0.2) is 4.99 Å². The summed E-state index contributed by atoms with van der Waals surface area (Å²) in [5, 5.41) is 6.42. The van der Waals surface area contributed by atoms with E-state index in [0.29, 0.717) is 19.0 Å². The molecule has 0 saturated heterocycles. The minimum atomic E-state index is -0.0208. The van der Waals surface area contributed by atoms with Crippen LogP contribution in [-0.4, -0.2) is 58.2 Å². The predicted octanol–water partition coefficient (Wildman–Crippen LogP) is 2.38. The number of aliphatic imine (C=N–C) groups is 1. The molecule has 1 amide bonds. The average molecular weight is 413 g/mol. The Morgan fingerprint density at radius 2 is 1.77 bits per heavy atom. The maximum atomic E-state index is 12.0. The van der Waals surface area contributed by atoms with Crippen molar-refractivity contribution in [2.75, 3.05) is 41.4 Å². The summed E-state index contributed by atoms with van der Waals surface area (Å²) in [4.78, 5) is 18.2. The van der Waals surface area contributed by atoms with E-state index >= 15 is 0 Å². The van der Waals surface area contributed by atoms with E-state index in [9.17, 15) is 4.79 Å². The third kappa shape index (κ3) is 7.31. The van der Waals surface area contributed by atoms with Crippen LogP contribution in [0.15, 0.2) is 47.5 Å². The molecule has 2 rings (SSSR count). The highest BCUT2D eigenvalue weighted by molar-refractivity contribution is 5.86. The Morgan fingerprint density at radius 1 is 1.03 bits per heavy atom. The number of guanidine groups is 1. The summed E-state index contributed by atoms with van der Waals surface area (Å²) < 4.78 is 10.7. The van der Waals surface area contributed by atoms with Crippen LogP contribution in [0.2, 0.25) is 0 Å². The lowest BCUT2D eigenvalue weighted by atomic mass is 10.1. The summed E-state index contributed by atoms with van der Waals surface area (Å²) in [5.74, 6) is 2.21. The van der Waals surface area contributed by atoms with Gasteiger partial charge in [-0.05, 0) is 42.7 Å². The van der Waals surface area contributed by atoms with Gasteiger partial charge in [-0.1, -0.05) is 24.3 Å². The van der Waals surface area contributed by atoms with Gasteiger partial charge < -0.3 is 25.0 Å². The van der Waals surface area contributed by atoms with Crippen LogP contribution < -0.4 is 20.1 Å². The Morgan fingerprint density at radius 3 is 2.40 bits per heavy atom. The van der Waals surface area contributed by atoms with Crippen LogP contribution in [0.4, 0.5) is 0 Å². The number of hydrogen-bond donors (Lipinski definition) is 2. The first-order chi connectivity index (χ1) is 14.4. The highest BCUT2D eigenvalue weighted by Gasteiger charge is 2.07. The Balaban J connectivity index is 2.03. The van der Waals surface area contributed by atoms with Gasteiger partial charge in [0.05, 0.1) is 27.3 Å². The number of likely N-dealkylation sites (N-methyl/N-ethyl adjacent to an activating group) is 1. The molecule has 0 unspecified atom stereocenters. The molecule has 0 aliphatic rings. The van der Waals surface area contributed by atoms with E-state index in [2.05, 4.69) is 15.6 Å². The van der Waals surface area contributed by atoms with E-state index in [1.54, 1.807) is 33.2 Å². The lowest BCUT2D eigenvalue weighted by Crippen LogP contribution is -2.43. The number of aryl methyl sites for hydroxylation is 1. The minimum Gasteiger partial charge on any atom is -0.497 e. The van der Waals surface area contributed by atoms with Gasteiger partial charge in [0.2, 0.25) is 5.91 Å². The van der Waals surface area contributed by atoms with Gasteiger partial charge >= 0.3 is 0 Å². The van der Waals surface area contributed by atoms with Crippen molar-refractivity contribution in [3.63, 3.8) is 0 Å². The standard InChI is InChI=1S/C23H32N4O3/c1-17-6-9-19(21(14-17)30-5)15-25-23(26-16-22(28)27(2)3)24-13-12-18-7-10-20(29-4)11-8-18/h6-11,14H,12-13,15-16H2,1-5H3,(H2,24,25,26). The number of hydrogen-bond acceptors (Lipinski definition) is 4. The molecule has 0 aliphatic carbocycles. The van der Waals surface area contributed by atoms with Crippen molar-refractivity contribution in [3.05, 3.63) is 59.2 Å². The van der Waals surface area contributed by atoms with Gasteiger partial charge in [0.15, 0.2) is 5.96 Å². The van der Waals surface area contributed by atoms with E-state index in [1.807, 2.05) is 49.4 Å². The first-order valence-electron chi connectivity index (χ1n) is 9.91. The number of carbonyl (C=O) groups is 1. The molecule has 2 aromatic rings. The van der Waals surface area contributed by atoms with E-state index in [-0.39, 0.29) is 12.5 Å². The van der Waals surface area contributed by atoms with Crippen LogP contribution in [0, 0.1) is 6.92 Å². The fraction of sp³-hybridized carbons (Fsp3) is 0.391. The van der Waals surface area contributed by atoms with Gasteiger partial charge in [-0.15, -0.1) is 0 Å². The number of benzene rings is 2. The Kier molecular flexibility index (Phi) is 9.00. The zero-order valence-electron chi connectivity index (χ0n) is 18.5. The molecule has 0 fully saturated rings. The normalized spacial score (nSPS) is 11.0. The lowest BCUT2D eigenvalue weighted by molar-refractivity contribution is -0.127. The quantitative estimate of drug-likeness (QED) is 0.489. The number of rotatable bonds is 9. The number of ether oxygens (including phenoxy) is 2.